The van der Waals surface area contributed by atoms with Crippen molar-refractivity contribution >= 4 is 45.2 Å². The fourth-order valence-electron chi connectivity index (χ4n) is 7.60. The fourth-order valence-corrected chi connectivity index (χ4v) is 8.07. The molecule has 0 radical (unpaired) electrons. The second-order valence-corrected chi connectivity index (χ2v) is 14.5. The summed E-state index contributed by atoms with van der Waals surface area (Å²) in [7, 11) is 3.76. The third kappa shape index (κ3) is 6.83. The summed E-state index contributed by atoms with van der Waals surface area (Å²) in [5, 5.41) is 9.92. The van der Waals surface area contributed by atoms with E-state index in [-0.39, 0.29) is 41.7 Å². The largest absolute Gasteiger partial charge is 0.489 e. The van der Waals surface area contributed by atoms with Crippen LogP contribution in [0.1, 0.15) is 69.9 Å². The van der Waals surface area contributed by atoms with E-state index >= 15 is 0 Å². The summed E-state index contributed by atoms with van der Waals surface area (Å²) in [5.41, 5.74) is 3.48. The molecular formula is C36H40BrN7O6. The molecule has 262 valence electrons. The van der Waals surface area contributed by atoms with Crippen molar-refractivity contribution in [2.75, 3.05) is 38.5 Å². The van der Waals surface area contributed by atoms with E-state index < -0.39 is 29.7 Å². The molecule has 0 aliphatic carbocycles. The van der Waals surface area contributed by atoms with E-state index in [0.717, 1.165) is 56.9 Å². The number of likely N-dealkylation sites (N-methyl/N-ethyl adjacent to an activating group) is 1. The number of aromatic nitrogens is 2. The number of anilines is 1. The molecule has 0 spiro atoms. The molecule has 3 aromatic rings. The fraction of sp³-hybridized carbons (Fsp3) is 0.444. The maximum absolute atomic E-state index is 13.4. The first kappa shape index (κ1) is 34.1. The monoisotopic (exact) mass is 745 g/mol. The number of piperidine rings is 3. The number of ether oxygens (including phenoxy) is 1. The van der Waals surface area contributed by atoms with Crippen LogP contribution in [0.3, 0.4) is 0 Å². The Morgan fingerprint density at radius 1 is 0.960 bits per heavy atom. The number of carbonyl (C=O) groups excluding carboxylic acids is 4. The minimum atomic E-state index is -1.01. The number of carbonyl (C=O) groups is 4. The average Bonchev–Trinajstić information content (AvgIpc) is 3.35. The maximum Gasteiger partial charge on any atom is 0.282 e. The molecule has 4 aliphatic heterocycles. The number of nitrogens with zero attached hydrogens (tertiary/aromatic N) is 5. The Hall–Kier alpha value is -4.40. The van der Waals surface area contributed by atoms with Gasteiger partial charge in [-0.1, -0.05) is 30.3 Å². The third-order valence-electron chi connectivity index (χ3n) is 10.2. The van der Waals surface area contributed by atoms with Crippen LogP contribution in [0.5, 0.6) is 5.75 Å². The van der Waals surface area contributed by atoms with Crippen LogP contribution in [-0.2, 0) is 23.2 Å². The van der Waals surface area contributed by atoms with Gasteiger partial charge in [0.15, 0.2) is 0 Å². The maximum atomic E-state index is 13.4. The van der Waals surface area contributed by atoms with Crippen molar-refractivity contribution in [1.29, 1.82) is 0 Å². The molecule has 14 heteroatoms. The number of aryl methyl sites for hydroxylation is 1. The molecule has 3 saturated heterocycles. The summed E-state index contributed by atoms with van der Waals surface area (Å²) < 4.78 is 8.14. The van der Waals surface area contributed by atoms with Gasteiger partial charge in [0.1, 0.15) is 22.4 Å². The van der Waals surface area contributed by atoms with Crippen LogP contribution >= 0.6 is 15.9 Å². The number of likely N-dealkylation sites (tertiary alicyclic amines) is 2. The number of rotatable bonds is 8. The standard InChI is InChI=1S/C36H40BrN7O6/c1-41-19-23(16-24(20-41)39-27-17-38-42(2)36(49)32(27)37)22-8-6-21(7-9-22)18-43-14-12-25(13-15-43)50-29-5-3-4-26-31(29)35(48)44(34(26)47)28-10-11-30(45)40-33(28)46/h3-9,17,23-25,28,39H,10-16,18-20H2,1-2H3,(H,40,45,46)/t23-,24+,28?/m0/s1. The number of nitrogens with one attached hydrogen (secondary N) is 2. The van der Waals surface area contributed by atoms with Gasteiger partial charge in [-0.3, -0.25) is 39.1 Å². The van der Waals surface area contributed by atoms with Gasteiger partial charge in [0, 0.05) is 52.2 Å². The zero-order valence-electron chi connectivity index (χ0n) is 28.1. The second kappa shape index (κ2) is 14.1. The van der Waals surface area contributed by atoms with Gasteiger partial charge in [-0.05, 0) is 77.8 Å². The molecule has 3 atom stereocenters. The smallest absolute Gasteiger partial charge is 0.282 e. The first-order chi connectivity index (χ1) is 24.0. The van der Waals surface area contributed by atoms with Gasteiger partial charge < -0.3 is 15.0 Å². The molecule has 1 aromatic heterocycles. The molecule has 2 N–H and O–H groups in total. The Kier molecular flexibility index (Phi) is 9.59. The van der Waals surface area contributed by atoms with Gasteiger partial charge in [0.05, 0.1) is 23.0 Å². The molecule has 50 heavy (non-hydrogen) atoms. The Labute approximate surface area is 298 Å². The summed E-state index contributed by atoms with van der Waals surface area (Å²) in [6.07, 6.45) is 4.23. The van der Waals surface area contributed by atoms with Crippen molar-refractivity contribution in [3.63, 3.8) is 0 Å². The molecule has 0 saturated carbocycles. The minimum Gasteiger partial charge on any atom is -0.489 e. The highest BCUT2D eigenvalue weighted by Crippen LogP contribution is 2.35. The zero-order chi connectivity index (χ0) is 35.1. The van der Waals surface area contributed by atoms with E-state index in [2.05, 4.69) is 72.8 Å². The first-order valence-electron chi connectivity index (χ1n) is 17.0. The van der Waals surface area contributed by atoms with Gasteiger partial charge in [0.25, 0.3) is 17.4 Å². The molecule has 13 nitrogen and oxygen atoms in total. The second-order valence-electron chi connectivity index (χ2n) is 13.8. The number of benzene rings is 2. The number of halogens is 1. The molecule has 3 fully saturated rings. The first-order valence-corrected chi connectivity index (χ1v) is 17.8. The summed E-state index contributed by atoms with van der Waals surface area (Å²) in [4.78, 5) is 68.7. The van der Waals surface area contributed by atoms with E-state index in [4.69, 9.17) is 4.74 Å². The van der Waals surface area contributed by atoms with Crippen LogP contribution in [0.25, 0.3) is 0 Å². The van der Waals surface area contributed by atoms with Gasteiger partial charge in [0.2, 0.25) is 11.8 Å². The highest BCUT2D eigenvalue weighted by molar-refractivity contribution is 9.10. The van der Waals surface area contributed by atoms with Gasteiger partial charge in [-0.2, -0.15) is 5.10 Å². The number of amides is 4. The number of hydrogen-bond acceptors (Lipinski definition) is 10. The van der Waals surface area contributed by atoms with E-state index in [9.17, 15) is 24.0 Å². The summed E-state index contributed by atoms with van der Waals surface area (Å²) in [6.45, 7) is 4.30. The van der Waals surface area contributed by atoms with Gasteiger partial charge >= 0.3 is 0 Å². The summed E-state index contributed by atoms with van der Waals surface area (Å²) in [5.74, 6) is -1.43. The van der Waals surface area contributed by atoms with E-state index in [0.29, 0.717) is 21.8 Å². The average molecular weight is 747 g/mol. The number of imide groups is 2. The molecule has 5 heterocycles. The molecular weight excluding hydrogens is 706 g/mol. The lowest BCUT2D eigenvalue weighted by Crippen LogP contribution is -2.54. The normalized spacial score (nSPS) is 23.6. The summed E-state index contributed by atoms with van der Waals surface area (Å²) >= 11 is 3.43. The minimum absolute atomic E-state index is 0.0724. The summed E-state index contributed by atoms with van der Waals surface area (Å²) in [6, 6.07) is 13.0. The predicted octanol–water partition coefficient (Wildman–Crippen LogP) is 2.89. The molecule has 0 bridgehead atoms. The van der Waals surface area contributed by atoms with Crippen LogP contribution in [0.2, 0.25) is 0 Å². The van der Waals surface area contributed by atoms with Crippen LogP contribution in [0.15, 0.2) is 57.9 Å². The predicted molar refractivity (Wildman–Crippen MR) is 188 cm³/mol. The van der Waals surface area contributed by atoms with Crippen molar-refractivity contribution in [3.05, 3.63) is 85.7 Å². The molecule has 2 aromatic carbocycles. The van der Waals surface area contributed by atoms with Crippen LogP contribution < -0.4 is 20.9 Å². The molecule has 4 amide bonds. The Balaban J connectivity index is 0.929. The van der Waals surface area contributed by atoms with Crippen molar-refractivity contribution in [1.82, 2.24) is 29.8 Å². The van der Waals surface area contributed by atoms with E-state index in [1.807, 2.05) is 0 Å². The van der Waals surface area contributed by atoms with Gasteiger partial charge in [-0.15, -0.1) is 0 Å². The van der Waals surface area contributed by atoms with Crippen LogP contribution in [0, 0.1) is 0 Å². The van der Waals surface area contributed by atoms with Gasteiger partial charge in [-0.25, -0.2) is 4.68 Å². The lowest BCUT2D eigenvalue weighted by atomic mass is 9.87. The van der Waals surface area contributed by atoms with Crippen LogP contribution in [0.4, 0.5) is 5.69 Å². The van der Waals surface area contributed by atoms with Crippen molar-refractivity contribution in [2.45, 2.75) is 62.8 Å². The lowest BCUT2D eigenvalue weighted by Gasteiger charge is -2.37. The van der Waals surface area contributed by atoms with E-state index in [1.54, 1.807) is 31.4 Å². The Bertz CT molecular complexity index is 1890. The third-order valence-corrected chi connectivity index (χ3v) is 11.0. The van der Waals surface area contributed by atoms with Crippen molar-refractivity contribution < 1.29 is 23.9 Å². The molecule has 1 unspecified atom stereocenters. The quantitative estimate of drug-likeness (QED) is 0.330. The number of fused-ring (bicyclic) bond motifs is 1. The Morgan fingerprint density at radius 3 is 2.46 bits per heavy atom. The van der Waals surface area contributed by atoms with Crippen molar-refractivity contribution in [2.24, 2.45) is 7.05 Å². The Morgan fingerprint density at radius 2 is 1.72 bits per heavy atom. The van der Waals surface area contributed by atoms with E-state index in [1.165, 1.54) is 15.8 Å². The van der Waals surface area contributed by atoms with Crippen molar-refractivity contribution in [3.8, 4) is 5.75 Å². The zero-order valence-corrected chi connectivity index (χ0v) is 29.6. The SMILES string of the molecule is CN1C[C@H](Nc2cnn(C)c(=O)c2Br)C[C@H](c2ccc(CN3CCC(Oc4cccc5c4C(=O)N(C4CCC(=O)NC4=O)C5=O)CC3)cc2)C1. The molecule has 7 rings (SSSR count). The highest BCUT2D eigenvalue weighted by Gasteiger charge is 2.46. The number of hydrogen-bond donors (Lipinski definition) is 2. The van der Waals surface area contributed by atoms with Crippen LogP contribution in [-0.4, -0.2) is 99.5 Å². The highest BCUT2D eigenvalue weighted by atomic mass is 79.9. The topological polar surface area (TPSA) is 146 Å². The molecule has 4 aliphatic rings. The lowest BCUT2D eigenvalue weighted by molar-refractivity contribution is -0.136.